The van der Waals surface area contributed by atoms with Gasteiger partial charge in [-0.25, -0.2) is 0 Å². The lowest BCUT2D eigenvalue weighted by Gasteiger charge is -2.31. The highest BCUT2D eigenvalue weighted by molar-refractivity contribution is 9.10. The number of hydrogen-bond acceptors (Lipinski definition) is 3. The zero-order valence-electron chi connectivity index (χ0n) is 12.0. The highest BCUT2D eigenvalue weighted by Crippen LogP contribution is 2.22. The first-order valence-electron chi connectivity index (χ1n) is 6.90. The quantitative estimate of drug-likeness (QED) is 0.841. The summed E-state index contributed by atoms with van der Waals surface area (Å²) < 4.78 is 0.942. The third kappa shape index (κ3) is 3.99. The number of benzene rings is 1. The molecule has 0 bridgehead atoms. The summed E-state index contributed by atoms with van der Waals surface area (Å²) in [6.07, 6.45) is 2.34. The first kappa shape index (κ1) is 15.9. The molecule has 1 fully saturated rings. The normalized spacial score (nSPS) is 17.2. The minimum Gasteiger partial charge on any atom is -0.341 e. The predicted molar refractivity (Wildman–Crippen MR) is 88.6 cm³/mol. The Balaban J connectivity index is 1.98. The average molecular weight is 357 g/mol. The molecule has 0 atom stereocenters. The smallest absolute Gasteiger partial charge is 0.254 e. The monoisotopic (exact) mass is 356 g/mol. The van der Waals surface area contributed by atoms with Crippen molar-refractivity contribution in [1.29, 1.82) is 0 Å². The molecule has 1 heterocycles. The van der Waals surface area contributed by atoms with E-state index >= 15 is 0 Å². The van der Waals surface area contributed by atoms with Crippen LogP contribution < -0.4 is 0 Å². The largest absolute Gasteiger partial charge is 0.341 e. The number of thiol groups is 1. The third-order valence-electron chi connectivity index (χ3n) is 3.91. The summed E-state index contributed by atoms with van der Waals surface area (Å²) in [4.78, 5) is 17.4. The molecule has 1 aromatic carbocycles. The van der Waals surface area contributed by atoms with Crippen LogP contribution in [0.4, 0.5) is 0 Å². The molecule has 0 unspecified atom stereocenters. The van der Waals surface area contributed by atoms with Crippen LogP contribution >= 0.6 is 28.6 Å². The summed E-state index contributed by atoms with van der Waals surface area (Å²) in [6, 6.07) is 5.58. The van der Waals surface area contributed by atoms with Crippen LogP contribution in [0.2, 0.25) is 0 Å². The van der Waals surface area contributed by atoms with Gasteiger partial charge in [0.25, 0.3) is 5.91 Å². The summed E-state index contributed by atoms with van der Waals surface area (Å²) in [6.45, 7) is 3.08. The molecule has 20 heavy (non-hydrogen) atoms. The topological polar surface area (TPSA) is 23.6 Å². The van der Waals surface area contributed by atoms with E-state index in [4.69, 9.17) is 0 Å². The summed E-state index contributed by atoms with van der Waals surface area (Å²) in [7, 11) is 4.04. The maximum Gasteiger partial charge on any atom is 0.254 e. The number of carbonyl (C=O) groups excluding carboxylic acids is 1. The molecule has 0 spiro atoms. The van der Waals surface area contributed by atoms with Gasteiger partial charge in [0.1, 0.15) is 0 Å². The first-order valence-corrected chi connectivity index (χ1v) is 8.14. The van der Waals surface area contributed by atoms with E-state index in [0.717, 1.165) is 29.0 Å². The molecule has 0 radical (unpaired) electrons. The van der Waals surface area contributed by atoms with Crippen LogP contribution in [0.1, 0.15) is 23.2 Å². The maximum absolute atomic E-state index is 12.5. The lowest BCUT2D eigenvalue weighted by molar-refractivity contribution is 0.0744. The van der Waals surface area contributed by atoms with E-state index < -0.39 is 0 Å². The minimum atomic E-state index is 0.0569. The lowest BCUT2D eigenvalue weighted by Crippen LogP contribution is -2.38. The number of nitrogens with zero attached hydrogens (tertiary/aromatic N) is 2. The molecular weight excluding hydrogens is 336 g/mol. The molecule has 1 saturated heterocycles. The predicted octanol–water partition coefficient (Wildman–Crippen LogP) is 3.15. The van der Waals surface area contributed by atoms with Crippen LogP contribution in [0, 0.1) is 5.92 Å². The number of halogens is 1. The van der Waals surface area contributed by atoms with Gasteiger partial charge in [-0.15, -0.1) is 12.6 Å². The van der Waals surface area contributed by atoms with Crippen molar-refractivity contribution < 1.29 is 4.79 Å². The molecule has 1 aromatic rings. The van der Waals surface area contributed by atoms with E-state index in [9.17, 15) is 4.79 Å². The van der Waals surface area contributed by atoms with Gasteiger partial charge in [0.2, 0.25) is 0 Å². The number of amides is 1. The van der Waals surface area contributed by atoms with Crippen molar-refractivity contribution in [2.45, 2.75) is 17.7 Å². The van der Waals surface area contributed by atoms with Gasteiger partial charge in [0.05, 0.1) is 5.56 Å². The molecule has 3 nitrogen and oxygen atoms in total. The molecule has 5 heteroatoms. The molecule has 110 valence electrons. The summed E-state index contributed by atoms with van der Waals surface area (Å²) in [5.41, 5.74) is 0.673. The number of hydrogen-bond donors (Lipinski definition) is 1. The molecule has 2 rings (SSSR count). The lowest BCUT2D eigenvalue weighted by atomic mass is 9.96. The second kappa shape index (κ2) is 6.96. The maximum atomic E-state index is 12.5. The Morgan fingerprint density at radius 3 is 2.70 bits per heavy atom. The van der Waals surface area contributed by atoms with Gasteiger partial charge in [-0.2, -0.15) is 0 Å². The fraction of sp³-hybridized carbons (Fsp3) is 0.533. The molecule has 0 aliphatic carbocycles. The van der Waals surface area contributed by atoms with Crippen LogP contribution in [-0.2, 0) is 0 Å². The molecule has 0 N–H and O–H groups in total. The Bertz CT molecular complexity index is 487. The molecule has 1 aliphatic rings. The fourth-order valence-electron chi connectivity index (χ4n) is 2.61. The number of carbonyl (C=O) groups is 1. The summed E-state index contributed by atoms with van der Waals surface area (Å²) >= 11 is 7.78. The number of piperidine rings is 1. The van der Waals surface area contributed by atoms with E-state index in [1.165, 1.54) is 12.8 Å². The Labute approximate surface area is 134 Å². The van der Waals surface area contributed by atoms with Crippen molar-refractivity contribution in [2.24, 2.45) is 5.92 Å². The fourth-order valence-corrected chi connectivity index (χ4v) is 3.45. The Hall–Kier alpha value is -0.520. The molecule has 1 aliphatic heterocycles. The van der Waals surface area contributed by atoms with Crippen LogP contribution in [0.15, 0.2) is 27.6 Å². The van der Waals surface area contributed by atoms with E-state index in [1.54, 1.807) is 0 Å². The molecular formula is C15H21BrN2OS. The number of rotatable bonds is 3. The van der Waals surface area contributed by atoms with Gasteiger partial charge in [-0.3, -0.25) is 4.79 Å². The van der Waals surface area contributed by atoms with Gasteiger partial charge >= 0.3 is 0 Å². The van der Waals surface area contributed by atoms with Crippen LogP contribution in [0.5, 0.6) is 0 Å². The van der Waals surface area contributed by atoms with Gasteiger partial charge in [0, 0.05) is 23.0 Å². The Morgan fingerprint density at radius 1 is 1.45 bits per heavy atom. The van der Waals surface area contributed by atoms with Crippen LogP contribution in [0.25, 0.3) is 0 Å². The standard InChI is InChI=1S/C15H21BrN2OS/c1-17-7-5-11(6-8-17)10-18(2)15(19)13-4-3-12(16)9-14(13)20/h3-4,9,11,20H,5-8,10H2,1-2H3. The van der Waals surface area contributed by atoms with Crippen molar-refractivity contribution in [1.82, 2.24) is 9.80 Å². The highest BCUT2D eigenvalue weighted by Gasteiger charge is 2.21. The van der Waals surface area contributed by atoms with Crippen molar-refractivity contribution in [3.05, 3.63) is 28.2 Å². The Kier molecular flexibility index (Phi) is 5.52. The van der Waals surface area contributed by atoms with Gasteiger partial charge < -0.3 is 9.80 Å². The summed E-state index contributed by atoms with van der Waals surface area (Å²) in [5.74, 6) is 0.667. The Morgan fingerprint density at radius 2 is 2.10 bits per heavy atom. The van der Waals surface area contributed by atoms with Crippen molar-refractivity contribution in [3.8, 4) is 0 Å². The van der Waals surface area contributed by atoms with Crippen molar-refractivity contribution in [3.63, 3.8) is 0 Å². The average Bonchev–Trinajstić information content (AvgIpc) is 2.40. The second-order valence-electron chi connectivity index (χ2n) is 5.59. The van der Waals surface area contributed by atoms with Crippen molar-refractivity contribution >= 4 is 34.5 Å². The van der Waals surface area contributed by atoms with Crippen LogP contribution in [-0.4, -0.2) is 49.4 Å². The van der Waals surface area contributed by atoms with E-state index in [1.807, 2.05) is 30.1 Å². The number of likely N-dealkylation sites (tertiary alicyclic amines) is 1. The minimum absolute atomic E-state index is 0.0569. The second-order valence-corrected chi connectivity index (χ2v) is 6.99. The van der Waals surface area contributed by atoms with E-state index in [-0.39, 0.29) is 5.91 Å². The molecule has 0 saturated carbocycles. The SMILES string of the molecule is CN1CCC(CN(C)C(=O)c2ccc(Br)cc2S)CC1. The molecule has 1 amide bonds. The summed E-state index contributed by atoms with van der Waals surface area (Å²) in [5, 5.41) is 0. The molecule has 0 aromatic heterocycles. The van der Waals surface area contributed by atoms with E-state index in [2.05, 4.69) is 40.5 Å². The van der Waals surface area contributed by atoms with Crippen LogP contribution in [0.3, 0.4) is 0 Å². The van der Waals surface area contributed by atoms with E-state index in [0.29, 0.717) is 11.5 Å². The van der Waals surface area contributed by atoms with Gasteiger partial charge in [-0.1, -0.05) is 15.9 Å². The third-order valence-corrected chi connectivity index (χ3v) is 4.77. The van der Waals surface area contributed by atoms with Gasteiger partial charge in [-0.05, 0) is 57.1 Å². The first-order chi connectivity index (χ1) is 9.47. The van der Waals surface area contributed by atoms with Gasteiger partial charge in [0.15, 0.2) is 0 Å². The zero-order chi connectivity index (χ0) is 14.7. The van der Waals surface area contributed by atoms with Crippen molar-refractivity contribution in [2.75, 3.05) is 33.7 Å². The highest BCUT2D eigenvalue weighted by atomic mass is 79.9. The zero-order valence-corrected chi connectivity index (χ0v) is 14.5.